The minimum absolute atomic E-state index is 0.233. The number of carbonyl (C=O) groups is 1. The quantitative estimate of drug-likeness (QED) is 0.730. The van der Waals surface area contributed by atoms with Crippen LogP contribution in [-0.4, -0.2) is 12.4 Å². The molecule has 0 amide bonds. The monoisotopic (exact) mass is 218 g/mol. The maximum atomic E-state index is 10.7. The lowest BCUT2D eigenvalue weighted by atomic mass is 10.1. The van der Waals surface area contributed by atoms with Crippen molar-refractivity contribution in [3.8, 4) is 5.75 Å². The van der Waals surface area contributed by atoms with Crippen molar-refractivity contribution >= 4 is 11.9 Å². The zero-order valence-electron chi connectivity index (χ0n) is 9.90. The van der Waals surface area contributed by atoms with Crippen molar-refractivity contribution in [1.82, 2.24) is 0 Å². The van der Waals surface area contributed by atoms with Gasteiger partial charge in [0.1, 0.15) is 11.5 Å². The molecule has 0 bridgehead atoms. The van der Waals surface area contributed by atoms with Gasteiger partial charge < -0.3 is 9.53 Å². The Kier molecular flexibility index (Phi) is 5.34. The number of allylic oxidation sites excluding steroid dienone is 1. The second-order valence-electron chi connectivity index (χ2n) is 3.65. The molecule has 0 radical (unpaired) electrons. The van der Waals surface area contributed by atoms with E-state index in [1.807, 2.05) is 43.3 Å². The van der Waals surface area contributed by atoms with Gasteiger partial charge in [-0.15, -0.1) is 0 Å². The van der Waals surface area contributed by atoms with Crippen molar-refractivity contribution in [2.24, 2.45) is 0 Å². The summed E-state index contributed by atoms with van der Waals surface area (Å²) < 4.78 is 5.35. The standard InChI is InChI=1S/C14H18O2/c1-3-16-14-10-8-13(9-11-14)7-5-4-6-12(2)15/h5,7-11H,3-4,6H2,1-2H3/b7-5+. The van der Waals surface area contributed by atoms with Crippen LogP contribution in [0.4, 0.5) is 0 Å². The molecule has 0 atom stereocenters. The Morgan fingerprint density at radius 1 is 1.31 bits per heavy atom. The second kappa shape index (κ2) is 6.83. The summed E-state index contributed by atoms with van der Waals surface area (Å²) in [5.74, 6) is 1.12. The summed E-state index contributed by atoms with van der Waals surface area (Å²) in [6.07, 6.45) is 5.48. The van der Waals surface area contributed by atoms with E-state index in [2.05, 4.69) is 0 Å². The Morgan fingerprint density at radius 2 is 2.00 bits per heavy atom. The molecule has 0 heterocycles. The van der Waals surface area contributed by atoms with Crippen LogP contribution < -0.4 is 4.74 Å². The number of hydrogen-bond donors (Lipinski definition) is 0. The second-order valence-corrected chi connectivity index (χ2v) is 3.65. The normalized spacial score (nSPS) is 10.6. The van der Waals surface area contributed by atoms with Crippen LogP contribution in [0.5, 0.6) is 5.75 Å². The van der Waals surface area contributed by atoms with E-state index in [9.17, 15) is 4.79 Å². The van der Waals surface area contributed by atoms with Gasteiger partial charge in [-0.1, -0.05) is 24.3 Å². The van der Waals surface area contributed by atoms with E-state index in [4.69, 9.17) is 4.74 Å². The SMILES string of the molecule is CCOc1ccc(/C=C/CCC(C)=O)cc1. The van der Waals surface area contributed by atoms with Crippen LogP contribution in [-0.2, 0) is 4.79 Å². The van der Waals surface area contributed by atoms with Gasteiger partial charge in [-0.3, -0.25) is 0 Å². The number of ether oxygens (including phenoxy) is 1. The number of hydrogen-bond acceptors (Lipinski definition) is 2. The lowest BCUT2D eigenvalue weighted by Crippen LogP contribution is -1.90. The van der Waals surface area contributed by atoms with E-state index in [1.54, 1.807) is 6.92 Å². The van der Waals surface area contributed by atoms with Crippen LogP contribution in [0.2, 0.25) is 0 Å². The Balaban J connectivity index is 2.45. The van der Waals surface area contributed by atoms with E-state index in [0.717, 1.165) is 17.7 Å². The van der Waals surface area contributed by atoms with E-state index < -0.39 is 0 Å². The van der Waals surface area contributed by atoms with Crippen LogP contribution in [0, 0.1) is 0 Å². The molecule has 0 aliphatic rings. The van der Waals surface area contributed by atoms with Gasteiger partial charge in [0.25, 0.3) is 0 Å². The van der Waals surface area contributed by atoms with Crippen molar-refractivity contribution < 1.29 is 9.53 Å². The van der Waals surface area contributed by atoms with Crippen molar-refractivity contribution in [2.45, 2.75) is 26.7 Å². The van der Waals surface area contributed by atoms with Crippen molar-refractivity contribution in [2.75, 3.05) is 6.61 Å². The molecule has 0 fully saturated rings. The molecule has 2 nitrogen and oxygen atoms in total. The summed E-state index contributed by atoms with van der Waals surface area (Å²) in [5.41, 5.74) is 1.13. The molecule has 1 aromatic rings. The molecule has 2 heteroatoms. The van der Waals surface area contributed by atoms with Gasteiger partial charge in [0.05, 0.1) is 6.61 Å². The van der Waals surface area contributed by atoms with Gasteiger partial charge in [0, 0.05) is 6.42 Å². The number of Topliss-reactive ketones (excluding diaryl/α,β-unsaturated/α-hetero) is 1. The van der Waals surface area contributed by atoms with Crippen molar-refractivity contribution in [3.05, 3.63) is 35.9 Å². The third kappa shape index (κ3) is 4.78. The summed E-state index contributed by atoms with van der Waals surface area (Å²) in [6, 6.07) is 7.92. The first-order valence-corrected chi connectivity index (χ1v) is 5.61. The number of benzene rings is 1. The van der Waals surface area contributed by atoms with E-state index in [-0.39, 0.29) is 5.78 Å². The Bertz CT molecular complexity index is 350. The predicted molar refractivity (Wildman–Crippen MR) is 66.6 cm³/mol. The number of carbonyl (C=O) groups excluding carboxylic acids is 1. The number of ketones is 1. The van der Waals surface area contributed by atoms with Crippen LogP contribution in [0.3, 0.4) is 0 Å². The molecule has 0 spiro atoms. The molecule has 0 saturated heterocycles. The highest BCUT2D eigenvalue weighted by Crippen LogP contribution is 2.13. The van der Waals surface area contributed by atoms with E-state index >= 15 is 0 Å². The zero-order chi connectivity index (χ0) is 11.8. The maximum absolute atomic E-state index is 10.7. The third-order valence-electron chi connectivity index (χ3n) is 2.16. The van der Waals surface area contributed by atoms with E-state index in [1.165, 1.54) is 0 Å². The molecule has 0 N–H and O–H groups in total. The third-order valence-corrected chi connectivity index (χ3v) is 2.16. The molecular weight excluding hydrogens is 200 g/mol. The van der Waals surface area contributed by atoms with Crippen LogP contribution in [0.15, 0.2) is 30.3 Å². The highest BCUT2D eigenvalue weighted by molar-refractivity contribution is 5.75. The van der Waals surface area contributed by atoms with Crippen molar-refractivity contribution in [1.29, 1.82) is 0 Å². The predicted octanol–water partition coefficient (Wildman–Crippen LogP) is 3.47. The summed E-state index contributed by atoms with van der Waals surface area (Å²) in [7, 11) is 0. The van der Waals surface area contributed by atoms with Gasteiger partial charge in [0.2, 0.25) is 0 Å². The Morgan fingerprint density at radius 3 is 2.56 bits per heavy atom. The highest BCUT2D eigenvalue weighted by atomic mass is 16.5. The first kappa shape index (κ1) is 12.5. The zero-order valence-corrected chi connectivity index (χ0v) is 9.90. The average molecular weight is 218 g/mol. The first-order valence-electron chi connectivity index (χ1n) is 5.61. The minimum atomic E-state index is 0.233. The van der Waals surface area contributed by atoms with Crippen molar-refractivity contribution in [3.63, 3.8) is 0 Å². The van der Waals surface area contributed by atoms with Gasteiger partial charge in [-0.05, 0) is 38.0 Å². The molecule has 0 aromatic heterocycles. The highest BCUT2D eigenvalue weighted by Gasteiger charge is 1.92. The molecule has 1 aromatic carbocycles. The summed E-state index contributed by atoms with van der Waals surface area (Å²) in [6.45, 7) is 4.27. The summed E-state index contributed by atoms with van der Waals surface area (Å²) in [4.78, 5) is 10.7. The van der Waals surface area contributed by atoms with Gasteiger partial charge >= 0.3 is 0 Å². The van der Waals surface area contributed by atoms with Crippen LogP contribution in [0.25, 0.3) is 6.08 Å². The Hall–Kier alpha value is -1.57. The Labute approximate surface area is 96.9 Å². The lowest BCUT2D eigenvalue weighted by Gasteiger charge is -2.02. The molecule has 86 valence electrons. The molecule has 0 unspecified atom stereocenters. The maximum Gasteiger partial charge on any atom is 0.130 e. The van der Waals surface area contributed by atoms with Gasteiger partial charge in [-0.25, -0.2) is 0 Å². The fraction of sp³-hybridized carbons (Fsp3) is 0.357. The topological polar surface area (TPSA) is 26.3 Å². The smallest absolute Gasteiger partial charge is 0.130 e. The fourth-order valence-corrected chi connectivity index (χ4v) is 1.35. The largest absolute Gasteiger partial charge is 0.494 e. The van der Waals surface area contributed by atoms with Crippen LogP contribution >= 0.6 is 0 Å². The van der Waals surface area contributed by atoms with Gasteiger partial charge in [-0.2, -0.15) is 0 Å². The average Bonchev–Trinajstić information content (AvgIpc) is 2.27. The fourth-order valence-electron chi connectivity index (χ4n) is 1.35. The summed E-state index contributed by atoms with van der Waals surface area (Å²) in [5, 5.41) is 0. The lowest BCUT2D eigenvalue weighted by molar-refractivity contribution is -0.116. The molecule has 0 saturated carbocycles. The molecule has 0 aliphatic carbocycles. The molecule has 16 heavy (non-hydrogen) atoms. The summed E-state index contributed by atoms with van der Waals surface area (Å²) >= 11 is 0. The molecule has 1 rings (SSSR count). The molecular formula is C14H18O2. The van der Waals surface area contributed by atoms with E-state index in [0.29, 0.717) is 13.0 Å². The van der Waals surface area contributed by atoms with Crippen LogP contribution in [0.1, 0.15) is 32.3 Å². The minimum Gasteiger partial charge on any atom is -0.494 e. The molecule has 0 aliphatic heterocycles. The first-order chi connectivity index (χ1) is 7.72. The van der Waals surface area contributed by atoms with Gasteiger partial charge in [0.15, 0.2) is 0 Å². The number of rotatable bonds is 6.